The van der Waals surface area contributed by atoms with Crippen LogP contribution in [-0.4, -0.2) is 54.2 Å². The largest absolute Gasteiger partial charge is 0.379 e. The van der Waals surface area contributed by atoms with Crippen LogP contribution in [0.3, 0.4) is 0 Å². The van der Waals surface area contributed by atoms with Gasteiger partial charge in [0, 0.05) is 26.7 Å². The van der Waals surface area contributed by atoms with Gasteiger partial charge in [0.15, 0.2) is 5.96 Å². The second kappa shape index (κ2) is 9.38. The first-order chi connectivity index (χ1) is 12.8. The van der Waals surface area contributed by atoms with Gasteiger partial charge in [-0.15, -0.1) is 0 Å². The molecule has 6 heteroatoms. The van der Waals surface area contributed by atoms with E-state index in [2.05, 4.69) is 39.2 Å². The summed E-state index contributed by atoms with van der Waals surface area (Å²) in [5.41, 5.74) is 2.15. The lowest BCUT2D eigenvalue weighted by Gasteiger charge is -2.21. The molecule has 3 rings (SSSR count). The Bertz CT molecular complexity index is 693. The highest BCUT2D eigenvalue weighted by Gasteiger charge is 2.21. The maximum absolute atomic E-state index is 5.73. The smallest absolute Gasteiger partial charge is 0.194 e. The summed E-state index contributed by atoms with van der Waals surface area (Å²) >= 11 is 0. The van der Waals surface area contributed by atoms with Crippen molar-refractivity contribution in [1.82, 2.24) is 20.2 Å². The third-order valence-corrected chi connectivity index (χ3v) is 4.41. The Morgan fingerprint density at radius 1 is 1.35 bits per heavy atom. The molecule has 0 unspecified atom stereocenters. The number of nitrogens with zero attached hydrogens (tertiary/aromatic N) is 3. The number of imidazole rings is 1. The van der Waals surface area contributed by atoms with E-state index in [9.17, 15) is 0 Å². The molecule has 0 amide bonds. The molecule has 2 aromatic rings. The maximum atomic E-state index is 5.73. The number of hydrogen-bond acceptors (Lipinski definition) is 3. The number of benzene rings is 1. The summed E-state index contributed by atoms with van der Waals surface area (Å²) in [6.07, 6.45) is 4.52. The van der Waals surface area contributed by atoms with E-state index in [0.717, 1.165) is 55.3 Å². The van der Waals surface area contributed by atoms with Gasteiger partial charge < -0.3 is 19.9 Å². The Balaban J connectivity index is 1.53. The Kier molecular flexibility index (Phi) is 6.66. The van der Waals surface area contributed by atoms with Crippen LogP contribution in [0, 0.1) is 5.92 Å². The molecule has 1 aromatic carbocycles. The number of nitrogens with one attached hydrogen (secondary N) is 2. The van der Waals surface area contributed by atoms with Crippen molar-refractivity contribution in [3.05, 3.63) is 42.4 Å². The fraction of sp³-hybridized carbons (Fsp3) is 0.500. The molecule has 0 atom stereocenters. The lowest BCUT2D eigenvalue weighted by Crippen LogP contribution is -2.40. The van der Waals surface area contributed by atoms with Gasteiger partial charge in [0.25, 0.3) is 0 Å². The second-order valence-electron chi connectivity index (χ2n) is 6.72. The Labute approximate surface area is 155 Å². The molecule has 0 aliphatic heterocycles. The molecule has 2 N–H and O–H groups in total. The Morgan fingerprint density at radius 3 is 2.88 bits per heavy atom. The molecule has 1 saturated carbocycles. The molecule has 6 nitrogen and oxygen atoms in total. The first-order valence-electron chi connectivity index (χ1n) is 9.42. The van der Waals surface area contributed by atoms with E-state index < -0.39 is 0 Å². The summed E-state index contributed by atoms with van der Waals surface area (Å²) in [6.45, 7) is 5.88. The fourth-order valence-electron chi connectivity index (χ4n) is 2.67. The van der Waals surface area contributed by atoms with Gasteiger partial charge >= 0.3 is 0 Å². The average Bonchev–Trinajstić information content (AvgIpc) is 3.38. The van der Waals surface area contributed by atoms with Crippen molar-refractivity contribution in [2.24, 2.45) is 10.9 Å². The second-order valence-corrected chi connectivity index (χ2v) is 6.72. The standard InChI is InChI=1S/C20H29N5O/c1-3-21-20(25(2)11-12-26-15-16-9-10-16)23-14-19-22-13-18(24-19)17-7-5-4-6-8-17/h4-8,13,16H,3,9-12,14-15H2,1-2H3,(H,21,23)(H,22,24). The van der Waals surface area contributed by atoms with E-state index in [4.69, 9.17) is 9.73 Å². The van der Waals surface area contributed by atoms with Crippen molar-refractivity contribution in [3.8, 4) is 11.3 Å². The summed E-state index contributed by atoms with van der Waals surface area (Å²) in [7, 11) is 2.04. The summed E-state index contributed by atoms with van der Waals surface area (Å²) < 4.78 is 5.73. The van der Waals surface area contributed by atoms with Crippen LogP contribution < -0.4 is 5.32 Å². The van der Waals surface area contributed by atoms with E-state index >= 15 is 0 Å². The Hall–Kier alpha value is -2.34. The summed E-state index contributed by atoms with van der Waals surface area (Å²) in [5, 5.41) is 3.33. The number of ether oxygens (including phenoxy) is 1. The fourth-order valence-corrected chi connectivity index (χ4v) is 2.67. The third kappa shape index (κ3) is 5.59. The number of guanidine groups is 1. The van der Waals surface area contributed by atoms with Gasteiger partial charge in [-0.25, -0.2) is 9.98 Å². The van der Waals surface area contributed by atoms with Gasteiger partial charge in [0.1, 0.15) is 12.4 Å². The molecular formula is C20H29N5O. The van der Waals surface area contributed by atoms with E-state index in [-0.39, 0.29) is 0 Å². The number of aliphatic imine (C=N–C) groups is 1. The zero-order valence-electron chi connectivity index (χ0n) is 15.7. The molecule has 1 aromatic heterocycles. The molecule has 26 heavy (non-hydrogen) atoms. The van der Waals surface area contributed by atoms with Crippen molar-refractivity contribution >= 4 is 5.96 Å². The highest BCUT2D eigenvalue weighted by atomic mass is 16.5. The third-order valence-electron chi connectivity index (χ3n) is 4.41. The van der Waals surface area contributed by atoms with Crippen LogP contribution in [0.2, 0.25) is 0 Å². The SMILES string of the molecule is CCNC(=NCc1ncc(-c2ccccc2)[nH]1)N(C)CCOCC1CC1. The monoisotopic (exact) mass is 355 g/mol. The first-order valence-corrected chi connectivity index (χ1v) is 9.42. The highest BCUT2D eigenvalue weighted by Crippen LogP contribution is 2.28. The highest BCUT2D eigenvalue weighted by molar-refractivity contribution is 5.79. The summed E-state index contributed by atoms with van der Waals surface area (Å²) in [6, 6.07) is 10.2. The van der Waals surface area contributed by atoms with Crippen LogP contribution in [0.1, 0.15) is 25.6 Å². The zero-order valence-corrected chi connectivity index (χ0v) is 15.7. The van der Waals surface area contributed by atoms with Crippen LogP contribution in [0.15, 0.2) is 41.5 Å². The van der Waals surface area contributed by atoms with E-state index in [1.165, 1.54) is 12.8 Å². The van der Waals surface area contributed by atoms with Gasteiger partial charge in [0.2, 0.25) is 0 Å². The number of H-pyrrole nitrogens is 1. The summed E-state index contributed by atoms with van der Waals surface area (Å²) in [5.74, 6) is 2.54. The normalized spacial score (nSPS) is 14.5. The van der Waals surface area contributed by atoms with Crippen molar-refractivity contribution < 1.29 is 4.74 Å². The molecule has 0 saturated heterocycles. The predicted molar refractivity (Wildman–Crippen MR) is 105 cm³/mol. The van der Waals surface area contributed by atoms with Gasteiger partial charge in [0.05, 0.1) is 18.5 Å². The van der Waals surface area contributed by atoms with Crippen LogP contribution in [-0.2, 0) is 11.3 Å². The molecule has 1 fully saturated rings. The molecular weight excluding hydrogens is 326 g/mol. The lowest BCUT2D eigenvalue weighted by molar-refractivity contribution is 0.115. The minimum Gasteiger partial charge on any atom is -0.379 e. The molecule has 0 spiro atoms. The van der Waals surface area contributed by atoms with Gasteiger partial charge in [-0.05, 0) is 31.2 Å². The maximum Gasteiger partial charge on any atom is 0.194 e. The van der Waals surface area contributed by atoms with Crippen molar-refractivity contribution in [1.29, 1.82) is 0 Å². The van der Waals surface area contributed by atoms with Crippen molar-refractivity contribution in [2.45, 2.75) is 26.3 Å². The minimum absolute atomic E-state index is 0.516. The Morgan fingerprint density at radius 2 is 2.15 bits per heavy atom. The van der Waals surface area contributed by atoms with E-state index in [1.54, 1.807) is 0 Å². The number of aromatic amines is 1. The first kappa shape index (κ1) is 18.5. The van der Waals surface area contributed by atoms with Crippen LogP contribution in [0.25, 0.3) is 11.3 Å². The van der Waals surface area contributed by atoms with Crippen LogP contribution >= 0.6 is 0 Å². The molecule has 0 radical (unpaired) electrons. The number of hydrogen-bond donors (Lipinski definition) is 2. The number of aromatic nitrogens is 2. The van der Waals surface area contributed by atoms with Crippen molar-refractivity contribution in [3.63, 3.8) is 0 Å². The molecule has 0 bridgehead atoms. The number of likely N-dealkylation sites (N-methyl/N-ethyl adjacent to an activating group) is 1. The van der Waals surface area contributed by atoms with Crippen LogP contribution in [0.5, 0.6) is 0 Å². The van der Waals surface area contributed by atoms with E-state index in [1.807, 2.05) is 31.4 Å². The lowest BCUT2D eigenvalue weighted by atomic mass is 10.2. The number of rotatable bonds is 9. The van der Waals surface area contributed by atoms with Crippen molar-refractivity contribution in [2.75, 3.05) is 33.4 Å². The van der Waals surface area contributed by atoms with Gasteiger partial charge in [-0.2, -0.15) is 0 Å². The average molecular weight is 355 g/mol. The molecule has 1 aliphatic carbocycles. The van der Waals surface area contributed by atoms with Gasteiger partial charge in [-0.1, -0.05) is 30.3 Å². The van der Waals surface area contributed by atoms with Crippen LogP contribution in [0.4, 0.5) is 0 Å². The summed E-state index contributed by atoms with van der Waals surface area (Å²) in [4.78, 5) is 14.6. The predicted octanol–water partition coefficient (Wildman–Crippen LogP) is 2.90. The molecule has 1 heterocycles. The van der Waals surface area contributed by atoms with Gasteiger partial charge in [-0.3, -0.25) is 0 Å². The van der Waals surface area contributed by atoms with E-state index in [0.29, 0.717) is 6.54 Å². The topological polar surface area (TPSA) is 65.5 Å². The quantitative estimate of drug-likeness (QED) is 0.412. The molecule has 140 valence electrons. The zero-order chi connectivity index (χ0) is 18.2. The molecule has 1 aliphatic rings. The minimum atomic E-state index is 0.516.